The van der Waals surface area contributed by atoms with Crippen molar-refractivity contribution in [2.45, 2.75) is 57.7 Å². The summed E-state index contributed by atoms with van der Waals surface area (Å²) in [6.07, 6.45) is 5.10. The largest absolute Gasteiger partial charge is 0.495 e. The monoisotopic (exact) mass is 603 g/mol. The average molecular weight is 605 g/mol. The molecule has 1 aliphatic carbocycles. The molecule has 2 aromatic rings. The maximum atomic E-state index is 13.9. The lowest BCUT2D eigenvalue weighted by molar-refractivity contribution is -0.140. The van der Waals surface area contributed by atoms with Crippen LogP contribution in [0.3, 0.4) is 0 Å². The zero-order valence-corrected chi connectivity index (χ0v) is 24.6. The van der Waals surface area contributed by atoms with Gasteiger partial charge in [0, 0.05) is 33.2 Å². The summed E-state index contributed by atoms with van der Waals surface area (Å²) in [6, 6.07) is 8.62. The summed E-state index contributed by atoms with van der Waals surface area (Å²) in [6.45, 7) is 1.12. The Morgan fingerprint density at radius 2 is 1.74 bits per heavy atom. The normalized spacial score (nSPS) is 14.7. The molecule has 0 unspecified atom stereocenters. The Hall–Kier alpha value is -2.20. The lowest BCUT2D eigenvalue weighted by Gasteiger charge is -2.34. The van der Waals surface area contributed by atoms with Gasteiger partial charge in [0.2, 0.25) is 21.8 Å². The Morgan fingerprint density at radius 1 is 1.11 bits per heavy atom. The molecule has 1 aliphatic rings. The Kier molecular flexibility index (Phi) is 10.6. The minimum Gasteiger partial charge on any atom is -0.495 e. The summed E-state index contributed by atoms with van der Waals surface area (Å²) in [5.74, 6) is -0.691. The molecule has 0 radical (unpaired) electrons. The van der Waals surface area contributed by atoms with Gasteiger partial charge in [-0.25, -0.2) is 8.42 Å². The quantitative estimate of drug-likeness (QED) is 0.376. The van der Waals surface area contributed by atoms with Crippen LogP contribution in [-0.4, -0.2) is 57.1 Å². The van der Waals surface area contributed by atoms with Crippen molar-refractivity contribution in [3.05, 3.63) is 57.0 Å². The molecule has 1 saturated carbocycles. The second kappa shape index (κ2) is 13.2. The van der Waals surface area contributed by atoms with E-state index in [1.165, 1.54) is 24.1 Å². The Morgan fingerprint density at radius 3 is 2.29 bits per heavy atom. The summed E-state index contributed by atoms with van der Waals surface area (Å²) in [7, 11) is -2.57. The van der Waals surface area contributed by atoms with E-state index in [2.05, 4.69) is 5.32 Å². The number of carbonyl (C=O) groups is 2. The first kappa shape index (κ1) is 30.3. The predicted octanol–water partition coefficient (Wildman–Crippen LogP) is 5.29. The van der Waals surface area contributed by atoms with Gasteiger partial charge in [0.25, 0.3) is 0 Å². The highest BCUT2D eigenvalue weighted by Gasteiger charge is 2.34. The minimum atomic E-state index is -3.96. The summed E-state index contributed by atoms with van der Waals surface area (Å²) in [5, 5.41) is 3.98. The molecule has 1 atom stereocenters. The minimum absolute atomic E-state index is 0.0423. The van der Waals surface area contributed by atoms with Crippen LogP contribution in [-0.2, 0) is 26.2 Å². The molecule has 208 valence electrons. The number of nitrogens with one attached hydrogen (secondary N) is 1. The Labute approximate surface area is 239 Å². The average Bonchev–Trinajstić information content (AvgIpc) is 3.36. The number of hydrogen-bond acceptors (Lipinski definition) is 5. The van der Waals surface area contributed by atoms with Crippen LogP contribution in [0.2, 0.25) is 15.1 Å². The Balaban J connectivity index is 2.02. The van der Waals surface area contributed by atoms with Crippen LogP contribution in [0, 0.1) is 0 Å². The number of nitrogens with zero attached hydrogens (tertiary/aromatic N) is 2. The van der Waals surface area contributed by atoms with Gasteiger partial charge >= 0.3 is 0 Å². The number of amides is 2. The molecule has 8 nitrogen and oxygen atoms in total. The number of carbonyl (C=O) groups excluding carboxylic acids is 2. The molecular formula is C26H32Cl3N3O5S. The third kappa shape index (κ3) is 7.46. The maximum absolute atomic E-state index is 13.9. The molecule has 2 amide bonds. The van der Waals surface area contributed by atoms with Crippen molar-refractivity contribution in [3.63, 3.8) is 0 Å². The molecule has 0 aliphatic heterocycles. The fourth-order valence-electron chi connectivity index (χ4n) is 4.59. The van der Waals surface area contributed by atoms with Gasteiger partial charge in [-0.1, -0.05) is 60.6 Å². The summed E-state index contributed by atoms with van der Waals surface area (Å²) >= 11 is 19.0. The van der Waals surface area contributed by atoms with Gasteiger partial charge in [0.1, 0.15) is 18.3 Å². The summed E-state index contributed by atoms with van der Waals surface area (Å²) < 4.78 is 32.0. The second-order valence-electron chi connectivity index (χ2n) is 9.22. The molecule has 1 N–H and O–H groups in total. The first-order valence-corrected chi connectivity index (χ1v) is 15.3. The molecule has 38 heavy (non-hydrogen) atoms. The zero-order chi connectivity index (χ0) is 28.0. The highest BCUT2D eigenvalue weighted by atomic mass is 35.5. The van der Waals surface area contributed by atoms with Crippen molar-refractivity contribution >= 4 is 62.3 Å². The van der Waals surface area contributed by atoms with E-state index in [4.69, 9.17) is 39.5 Å². The van der Waals surface area contributed by atoms with E-state index in [9.17, 15) is 18.0 Å². The van der Waals surface area contributed by atoms with Crippen molar-refractivity contribution in [3.8, 4) is 5.75 Å². The first-order valence-electron chi connectivity index (χ1n) is 12.3. The number of sulfonamides is 1. The number of anilines is 1. The highest BCUT2D eigenvalue weighted by molar-refractivity contribution is 7.92. The van der Waals surface area contributed by atoms with E-state index >= 15 is 0 Å². The van der Waals surface area contributed by atoms with Gasteiger partial charge in [-0.2, -0.15) is 0 Å². The SMILES string of the molecule is CC[C@@H](C(=O)NC1CCCC1)N(Cc1c(Cl)cccc1Cl)C(=O)CN(c1cc(Cl)ccc1OC)S(C)(=O)=O. The number of hydrogen-bond donors (Lipinski definition) is 1. The zero-order valence-electron chi connectivity index (χ0n) is 21.5. The Bertz CT molecular complexity index is 1250. The van der Waals surface area contributed by atoms with E-state index in [0.717, 1.165) is 36.2 Å². The van der Waals surface area contributed by atoms with Crippen molar-refractivity contribution < 1.29 is 22.7 Å². The van der Waals surface area contributed by atoms with Gasteiger partial charge in [0.15, 0.2) is 0 Å². The highest BCUT2D eigenvalue weighted by Crippen LogP contribution is 2.33. The molecule has 1 fully saturated rings. The number of halogens is 3. The lowest BCUT2D eigenvalue weighted by Crippen LogP contribution is -2.53. The second-order valence-corrected chi connectivity index (χ2v) is 12.4. The first-order chi connectivity index (χ1) is 18.0. The number of rotatable bonds is 11. The van der Waals surface area contributed by atoms with E-state index in [-0.39, 0.29) is 35.0 Å². The maximum Gasteiger partial charge on any atom is 0.244 e. The molecule has 2 aromatic carbocycles. The van der Waals surface area contributed by atoms with Gasteiger partial charge in [-0.05, 0) is 49.6 Å². The standard InChI is InChI=1S/C26H32Cl3N3O5S/c1-4-22(26(34)30-18-8-5-6-9-18)31(15-19-20(28)10-7-11-21(19)29)25(33)16-32(38(3,35)36)23-14-17(27)12-13-24(23)37-2/h7,10-14,18,22H,4-6,8-9,15-16H2,1-3H3,(H,30,34)/t22-/m0/s1. The summed E-state index contributed by atoms with van der Waals surface area (Å²) in [5.41, 5.74) is 0.567. The van der Waals surface area contributed by atoms with Crippen molar-refractivity contribution in [1.82, 2.24) is 10.2 Å². The third-order valence-corrected chi connectivity index (χ3v) is 8.64. The van der Waals surface area contributed by atoms with Crippen LogP contribution >= 0.6 is 34.8 Å². The van der Waals surface area contributed by atoms with Gasteiger partial charge < -0.3 is 15.0 Å². The molecule has 0 heterocycles. The molecule has 12 heteroatoms. The van der Waals surface area contributed by atoms with Crippen LogP contribution in [0.4, 0.5) is 5.69 Å². The van der Waals surface area contributed by atoms with Crippen LogP contribution < -0.4 is 14.4 Å². The van der Waals surface area contributed by atoms with Crippen LogP contribution in [0.5, 0.6) is 5.75 Å². The summed E-state index contributed by atoms with van der Waals surface area (Å²) in [4.78, 5) is 28.6. The van der Waals surface area contributed by atoms with Gasteiger partial charge in [-0.3, -0.25) is 13.9 Å². The van der Waals surface area contributed by atoms with Gasteiger partial charge in [0.05, 0.1) is 19.1 Å². The van der Waals surface area contributed by atoms with E-state index in [0.29, 0.717) is 22.0 Å². The molecule has 0 aromatic heterocycles. The molecule has 0 saturated heterocycles. The van der Waals surface area contributed by atoms with Gasteiger partial charge in [-0.15, -0.1) is 0 Å². The van der Waals surface area contributed by atoms with Crippen molar-refractivity contribution in [1.29, 1.82) is 0 Å². The molecule has 0 spiro atoms. The molecule has 3 rings (SSSR count). The van der Waals surface area contributed by atoms with E-state index in [1.807, 2.05) is 0 Å². The predicted molar refractivity (Wildman–Crippen MR) is 152 cm³/mol. The number of ether oxygens (including phenoxy) is 1. The fourth-order valence-corrected chi connectivity index (χ4v) is 6.12. The van der Waals surface area contributed by atoms with Crippen LogP contribution in [0.25, 0.3) is 0 Å². The van der Waals surface area contributed by atoms with Crippen LogP contribution in [0.1, 0.15) is 44.6 Å². The van der Waals surface area contributed by atoms with Crippen molar-refractivity contribution in [2.75, 3.05) is 24.2 Å². The fraction of sp³-hybridized carbons (Fsp3) is 0.462. The molecular weight excluding hydrogens is 573 g/mol. The lowest BCUT2D eigenvalue weighted by atomic mass is 10.1. The number of benzene rings is 2. The topological polar surface area (TPSA) is 96.0 Å². The van der Waals surface area contributed by atoms with E-state index < -0.39 is 28.5 Å². The van der Waals surface area contributed by atoms with Crippen LogP contribution in [0.15, 0.2) is 36.4 Å². The third-order valence-electron chi connectivity index (χ3n) is 6.57. The number of methoxy groups -OCH3 is 1. The van der Waals surface area contributed by atoms with E-state index in [1.54, 1.807) is 31.2 Å². The van der Waals surface area contributed by atoms with Crippen molar-refractivity contribution in [2.24, 2.45) is 0 Å². The smallest absolute Gasteiger partial charge is 0.244 e. The molecule has 0 bridgehead atoms.